The summed E-state index contributed by atoms with van der Waals surface area (Å²) in [4.78, 5) is 12.1. The molecule has 0 saturated heterocycles. The molecule has 0 aromatic rings. The average molecular weight is 207 g/mol. The summed E-state index contributed by atoms with van der Waals surface area (Å²) in [5.41, 5.74) is 2.66. The van der Waals surface area contributed by atoms with Gasteiger partial charge in [0.05, 0.1) is 0 Å². The van der Waals surface area contributed by atoms with Crippen LogP contribution in [-0.2, 0) is 4.79 Å². The second kappa shape index (κ2) is 4.48. The van der Waals surface area contributed by atoms with E-state index in [1.807, 2.05) is 0 Å². The SMILES string of the molecule is CCCNCC1C(=O)C2=C(CCC2)C1C. The number of ketones is 1. The van der Waals surface area contributed by atoms with Crippen LogP contribution in [0.1, 0.15) is 39.5 Å². The van der Waals surface area contributed by atoms with Crippen molar-refractivity contribution < 1.29 is 4.79 Å². The molecule has 0 heterocycles. The minimum Gasteiger partial charge on any atom is -0.316 e. The van der Waals surface area contributed by atoms with Gasteiger partial charge in [-0.05, 0) is 43.7 Å². The van der Waals surface area contributed by atoms with Gasteiger partial charge >= 0.3 is 0 Å². The van der Waals surface area contributed by atoms with Crippen molar-refractivity contribution in [2.45, 2.75) is 39.5 Å². The van der Waals surface area contributed by atoms with Gasteiger partial charge in [0.15, 0.2) is 5.78 Å². The zero-order valence-electron chi connectivity index (χ0n) is 9.81. The number of nitrogens with one attached hydrogen (secondary N) is 1. The van der Waals surface area contributed by atoms with Crippen LogP contribution < -0.4 is 5.32 Å². The zero-order valence-corrected chi connectivity index (χ0v) is 9.81. The first-order valence-corrected chi connectivity index (χ1v) is 6.22. The molecule has 2 rings (SSSR count). The molecule has 84 valence electrons. The molecular formula is C13H21NO. The van der Waals surface area contributed by atoms with Crippen molar-refractivity contribution in [3.63, 3.8) is 0 Å². The fraction of sp³-hybridized carbons (Fsp3) is 0.769. The first-order chi connectivity index (χ1) is 7.25. The fourth-order valence-corrected chi connectivity index (χ4v) is 2.95. The van der Waals surface area contributed by atoms with Crippen LogP contribution in [-0.4, -0.2) is 18.9 Å². The molecule has 0 saturated carbocycles. The molecule has 0 radical (unpaired) electrons. The lowest BCUT2D eigenvalue weighted by Crippen LogP contribution is -2.30. The minimum atomic E-state index is 0.238. The first-order valence-electron chi connectivity index (χ1n) is 6.22. The molecule has 2 aliphatic rings. The largest absolute Gasteiger partial charge is 0.316 e. The monoisotopic (exact) mass is 207 g/mol. The molecule has 0 aromatic carbocycles. The maximum Gasteiger partial charge on any atom is 0.163 e. The van der Waals surface area contributed by atoms with Crippen LogP contribution in [0.5, 0.6) is 0 Å². The molecular weight excluding hydrogens is 186 g/mol. The van der Waals surface area contributed by atoms with Gasteiger partial charge in [0.2, 0.25) is 0 Å². The summed E-state index contributed by atoms with van der Waals surface area (Å²) < 4.78 is 0. The number of hydrogen-bond donors (Lipinski definition) is 1. The number of allylic oxidation sites excluding steroid dienone is 2. The molecule has 15 heavy (non-hydrogen) atoms. The van der Waals surface area contributed by atoms with Gasteiger partial charge < -0.3 is 5.32 Å². The third-order valence-corrected chi connectivity index (χ3v) is 3.84. The molecule has 2 heteroatoms. The quantitative estimate of drug-likeness (QED) is 0.717. The van der Waals surface area contributed by atoms with E-state index in [1.165, 1.54) is 24.0 Å². The summed E-state index contributed by atoms with van der Waals surface area (Å²) in [6.45, 7) is 6.29. The standard InChI is InChI=1S/C13H21NO/c1-3-7-14-8-12-9(2)10-5-4-6-11(10)13(12)15/h9,12,14H,3-8H2,1-2H3. The predicted octanol–water partition coefficient (Wildman–Crippen LogP) is 2.30. The Bertz CT molecular complexity index is 293. The van der Waals surface area contributed by atoms with Crippen molar-refractivity contribution in [2.75, 3.05) is 13.1 Å². The Morgan fingerprint density at radius 2 is 2.20 bits per heavy atom. The van der Waals surface area contributed by atoms with Crippen LogP contribution in [0.2, 0.25) is 0 Å². The molecule has 0 bridgehead atoms. The van der Waals surface area contributed by atoms with Gasteiger partial charge in [-0.3, -0.25) is 4.79 Å². The number of rotatable bonds is 4. The molecule has 0 fully saturated rings. The van der Waals surface area contributed by atoms with E-state index in [0.717, 1.165) is 25.9 Å². The molecule has 2 unspecified atom stereocenters. The van der Waals surface area contributed by atoms with E-state index >= 15 is 0 Å². The minimum absolute atomic E-state index is 0.238. The highest BCUT2D eigenvalue weighted by atomic mass is 16.1. The van der Waals surface area contributed by atoms with Crippen LogP contribution in [0.4, 0.5) is 0 Å². The van der Waals surface area contributed by atoms with E-state index in [2.05, 4.69) is 19.2 Å². The topological polar surface area (TPSA) is 29.1 Å². The van der Waals surface area contributed by atoms with E-state index in [9.17, 15) is 4.79 Å². The van der Waals surface area contributed by atoms with Gasteiger partial charge in [0, 0.05) is 12.5 Å². The molecule has 1 N–H and O–H groups in total. The predicted molar refractivity (Wildman–Crippen MR) is 61.7 cm³/mol. The Kier molecular flexibility index (Phi) is 3.25. The normalized spacial score (nSPS) is 30.1. The Labute approximate surface area is 92.1 Å². The van der Waals surface area contributed by atoms with Gasteiger partial charge in [-0.25, -0.2) is 0 Å². The summed E-state index contributed by atoms with van der Waals surface area (Å²) in [5.74, 6) is 1.18. The maximum absolute atomic E-state index is 12.1. The highest BCUT2D eigenvalue weighted by Gasteiger charge is 2.40. The number of hydrogen-bond acceptors (Lipinski definition) is 2. The van der Waals surface area contributed by atoms with Crippen molar-refractivity contribution in [3.05, 3.63) is 11.1 Å². The highest BCUT2D eigenvalue weighted by molar-refractivity contribution is 6.01. The Morgan fingerprint density at radius 1 is 1.40 bits per heavy atom. The van der Waals surface area contributed by atoms with Gasteiger partial charge in [-0.15, -0.1) is 0 Å². The number of carbonyl (C=O) groups excluding carboxylic acids is 1. The summed E-state index contributed by atoms with van der Waals surface area (Å²) in [7, 11) is 0. The van der Waals surface area contributed by atoms with E-state index in [0.29, 0.717) is 11.7 Å². The van der Waals surface area contributed by atoms with Crippen molar-refractivity contribution in [3.8, 4) is 0 Å². The average Bonchev–Trinajstić information content (AvgIpc) is 2.77. The molecule has 2 nitrogen and oxygen atoms in total. The van der Waals surface area contributed by atoms with Crippen LogP contribution in [0.25, 0.3) is 0 Å². The van der Waals surface area contributed by atoms with Crippen LogP contribution in [0.3, 0.4) is 0 Å². The third-order valence-electron chi connectivity index (χ3n) is 3.84. The Hall–Kier alpha value is -0.630. The van der Waals surface area contributed by atoms with E-state index in [4.69, 9.17) is 0 Å². The lowest BCUT2D eigenvalue weighted by atomic mass is 9.90. The molecule has 0 amide bonds. The summed E-state index contributed by atoms with van der Waals surface area (Å²) in [6, 6.07) is 0. The van der Waals surface area contributed by atoms with Crippen molar-refractivity contribution in [1.82, 2.24) is 5.32 Å². The lowest BCUT2D eigenvalue weighted by Gasteiger charge is -2.18. The van der Waals surface area contributed by atoms with Crippen LogP contribution >= 0.6 is 0 Å². The maximum atomic E-state index is 12.1. The second-order valence-corrected chi connectivity index (χ2v) is 4.82. The van der Waals surface area contributed by atoms with E-state index < -0.39 is 0 Å². The van der Waals surface area contributed by atoms with Crippen LogP contribution in [0, 0.1) is 11.8 Å². The smallest absolute Gasteiger partial charge is 0.163 e. The second-order valence-electron chi connectivity index (χ2n) is 4.82. The lowest BCUT2D eigenvalue weighted by molar-refractivity contribution is -0.119. The molecule has 2 aliphatic carbocycles. The first kappa shape index (κ1) is 10.9. The fourth-order valence-electron chi connectivity index (χ4n) is 2.95. The van der Waals surface area contributed by atoms with Gasteiger partial charge in [-0.1, -0.05) is 19.4 Å². The third kappa shape index (κ3) is 1.87. The van der Waals surface area contributed by atoms with E-state index in [1.54, 1.807) is 0 Å². The Morgan fingerprint density at radius 3 is 2.87 bits per heavy atom. The molecule has 0 aromatic heterocycles. The van der Waals surface area contributed by atoms with Crippen molar-refractivity contribution in [1.29, 1.82) is 0 Å². The van der Waals surface area contributed by atoms with Crippen molar-refractivity contribution in [2.24, 2.45) is 11.8 Å². The zero-order chi connectivity index (χ0) is 10.8. The van der Waals surface area contributed by atoms with Gasteiger partial charge in [0.1, 0.15) is 0 Å². The number of carbonyl (C=O) groups is 1. The number of Topliss-reactive ketones (excluding diaryl/α,β-unsaturated/α-hetero) is 1. The van der Waals surface area contributed by atoms with Gasteiger partial charge in [-0.2, -0.15) is 0 Å². The molecule has 2 atom stereocenters. The van der Waals surface area contributed by atoms with Crippen molar-refractivity contribution >= 4 is 5.78 Å². The summed E-state index contributed by atoms with van der Waals surface area (Å²) in [6.07, 6.45) is 4.56. The summed E-state index contributed by atoms with van der Waals surface area (Å²) >= 11 is 0. The molecule has 0 aliphatic heterocycles. The van der Waals surface area contributed by atoms with Crippen LogP contribution in [0.15, 0.2) is 11.1 Å². The van der Waals surface area contributed by atoms with E-state index in [-0.39, 0.29) is 5.92 Å². The summed E-state index contributed by atoms with van der Waals surface area (Å²) in [5, 5.41) is 3.38. The molecule has 0 spiro atoms. The Balaban J connectivity index is 1.96. The highest BCUT2D eigenvalue weighted by Crippen LogP contribution is 2.43. The van der Waals surface area contributed by atoms with Gasteiger partial charge in [0.25, 0.3) is 0 Å².